The second-order valence-electron chi connectivity index (χ2n) is 9.16. The number of nitrogens with one attached hydrogen (secondary N) is 2. The van der Waals surface area contributed by atoms with Gasteiger partial charge in [0.2, 0.25) is 0 Å². The largest absolute Gasteiger partial charge is 0.357 e. The number of likely N-dealkylation sites (N-methyl/N-ethyl adjacent to an activating group) is 2. The lowest BCUT2D eigenvalue weighted by molar-refractivity contribution is -0.140. The minimum atomic E-state index is -1.51. The zero-order valence-electron chi connectivity index (χ0n) is 21.4. The van der Waals surface area contributed by atoms with Gasteiger partial charge in [0.1, 0.15) is 0 Å². The van der Waals surface area contributed by atoms with Gasteiger partial charge in [-0.15, -0.1) is 0 Å². The molecular weight excluding hydrogens is 480 g/mol. The van der Waals surface area contributed by atoms with Crippen molar-refractivity contribution < 1.29 is 19.6 Å². The first-order chi connectivity index (χ1) is 18.4. The van der Waals surface area contributed by atoms with Gasteiger partial charge in [-0.05, 0) is 59.5 Å². The number of benzene rings is 3. The monoisotopic (exact) mass is 510 g/mol. The summed E-state index contributed by atoms with van der Waals surface area (Å²) in [6.07, 6.45) is 0.979. The van der Waals surface area contributed by atoms with Crippen LogP contribution >= 0.6 is 0 Å². The number of carbonyl (C=O) groups is 3. The summed E-state index contributed by atoms with van der Waals surface area (Å²) in [4.78, 5) is 40.1. The number of rotatable bonds is 7. The summed E-state index contributed by atoms with van der Waals surface area (Å²) in [7, 11) is 2.66. The molecule has 1 aliphatic heterocycles. The highest BCUT2D eigenvalue weighted by atomic mass is 16.5. The normalized spacial score (nSPS) is 13.0. The Morgan fingerprint density at radius 1 is 0.895 bits per heavy atom. The second kappa shape index (κ2) is 12.2. The van der Waals surface area contributed by atoms with E-state index in [1.54, 1.807) is 24.3 Å². The summed E-state index contributed by atoms with van der Waals surface area (Å²) in [5.41, 5.74) is 7.43. The van der Waals surface area contributed by atoms with E-state index in [0.29, 0.717) is 0 Å². The molecular formula is C30H30N4O4. The lowest BCUT2D eigenvalue weighted by atomic mass is 10.1. The number of hydrogen-bond donors (Lipinski definition) is 3. The van der Waals surface area contributed by atoms with Gasteiger partial charge in [0.05, 0.1) is 0 Å². The van der Waals surface area contributed by atoms with Crippen molar-refractivity contribution in [2.75, 3.05) is 20.6 Å². The molecule has 1 aliphatic rings. The maximum atomic E-state index is 12.8. The van der Waals surface area contributed by atoms with Gasteiger partial charge < -0.3 is 10.2 Å². The molecule has 3 amide bonds. The Morgan fingerprint density at radius 3 is 1.97 bits per heavy atom. The van der Waals surface area contributed by atoms with Crippen molar-refractivity contribution in [1.82, 2.24) is 20.6 Å². The van der Waals surface area contributed by atoms with Gasteiger partial charge in [0.25, 0.3) is 17.7 Å². The SMILES string of the molecule is CNC(=O)C(C(=O)NO)N(C)C(=O)c1ccc(C#Cc2ccc(CCN3Cc4ccccc4C3)cc2)cc1. The molecule has 1 unspecified atom stereocenters. The van der Waals surface area contributed by atoms with Crippen LogP contribution in [0, 0.1) is 11.8 Å². The Morgan fingerprint density at radius 2 is 1.45 bits per heavy atom. The first kappa shape index (κ1) is 26.6. The third-order valence-electron chi connectivity index (χ3n) is 6.62. The second-order valence-corrected chi connectivity index (χ2v) is 9.16. The van der Waals surface area contributed by atoms with Gasteiger partial charge in [-0.25, -0.2) is 5.48 Å². The van der Waals surface area contributed by atoms with Crippen molar-refractivity contribution in [3.05, 3.63) is 106 Å². The van der Waals surface area contributed by atoms with Crippen LogP contribution in [0.5, 0.6) is 0 Å². The number of amides is 3. The topological polar surface area (TPSA) is 102 Å². The fourth-order valence-corrected chi connectivity index (χ4v) is 4.43. The lowest BCUT2D eigenvalue weighted by Gasteiger charge is -2.25. The van der Waals surface area contributed by atoms with Crippen molar-refractivity contribution in [1.29, 1.82) is 0 Å². The maximum Gasteiger partial charge on any atom is 0.275 e. The minimum absolute atomic E-state index is 0.281. The van der Waals surface area contributed by atoms with E-state index in [9.17, 15) is 14.4 Å². The summed E-state index contributed by atoms with van der Waals surface area (Å²) in [6, 6.07) is 21.9. The number of hydrogen-bond acceptors (Lipinski definition) is 5. The molecule has 4 rings (SSSR count). The van der Waals surface area contributed by atoms with Crippen LogP contribution in [-0.2, 0) is 29.1 Å². The predicted molar refractivity (Wildman–Crippen MR) is 143 cm³/mol. The van der Waals surface area contributed by atoms with E-state index in [0.717, 1.165) is 42.1 Å². The highest BCUT2D eigenvalue weighted by Gasteiger charge is 2.33. The van der Waals surface area contributed by atoms with E-state index < -0.39 is 23.8 Å². The summed E-state index contributed by atoms with van der Waals surface area (Å²) in [5.74, 6) is 3.97. The predicted octanol–water partition coefficient (Wildman–Crippen LogP) is 2.34. The summed E-state index contributed by atoms with van der Waals surface area (Å²) in [5, 5.41) is 11.2. The fraction of sp³-hybridized carbons (Fsp3) is 0.233. The van der Waals surface area contributed by atoms with Crippen LogP contribution in [-0.4, -0.2) is 59.4 Å². The van der Waals surface area contributed by atoms with Crippen molar-refractivity contribution in [2.24, 2.45) is 0 Å². The summed E-state index contributed by atoms with van der Waals surface area (Å²) < 4.78 is 0. The molecule has 38 heavy (non-hydrogen) atoms. The smallest absolute Gasteiger partial charge is 0.275 e. The fourth-order valence-electron chi connectivity index (χ4n) is 4.43. The molecule has 8 heteroatoms. The van der Waals surface area contributed by atoms with E-state index >= 15 is 0 Å². The Bertz CT molecular complexity index is 1330. The third-order valence-corrected chi connectivity index (χ3v) is 6.62. The maximum absolute atomic E-state index is 12.8. The zero-order valence-corrected chi connectivity index (χ0v) is 21.4. The van der Waals surface area contributed by atoms with Crippen LogP contribution in [0.15, 0.2) is 72.8 Å². The quantitative estimate of drug-likeness (QED) is 0.196. The van der Waals surface area contributed by atoms with E-state index in [1.807, 2.05) is 12.1 Å². The molecule has 0 aromatic heterocycles. The molecule has 0 bridgehead atoms. The Balaban J connectivity index is 1.33. The van der Waals surface area contributed by atoms with Gasteiger partial charge in [-0.2, -0.15) is 0 Å². The minimum Gasteiger partial charge on any atom is -0.357 e. The molecule has 0 radical (unpaired) electrons. The third kappa shape index (κ3) is 6.27. The van der Waals surface area contributed by atoms with Crippen LogP contribution in [0.2, 0.25) is 0 Å². The first-order valence-corrected chi connectivity index (χ1v) is 12.3. The summed E-state index contributed by atoms with van der Waals surface area (Å²) >= 11 is 0. The molecule has 3 N–H and O–H groups in total. The summed E-state index contributed by atoms with van der Waals surface area (Å²) in [6.45, 7) is 3.02. The van der Waals surface area contributed by atoms with Crippen molar-refractivity contribution in [3.63, 3.8) is 0 Å². The van der Waals surface area contributed by atoms with Gasteiger partial charge in [0, 0.05) is 50.4 Å². The first-order valence-electron chi connectivity index (χ1n) is 12.3. The van der Waals surface area contributed by atoms with Crippen molar-refractivity contribution in [3.8, 4) is 11.8 Å². The average molecular weight is 511 g/mol. The van der Waals surface area contributed by atoms with Crippen LogP contribution in [0.3, 0.4) is 0 Å². The Kier molecular flexibility index (Phi) is 8.54. The van der Waals surface area contributed by atoms with E-state index in [2.05, 4.69) is 58.5 Å². The highest BCUT2D eigenvalue weighted by molar-refractivity contribution is 6.08. The molecule has 0 fully saturated rings. The van der Waals surface area contributed by atoms with E-state index in [1.165, 1.54) is 36.3 Å². The van der Waals surface area contributed by atoms with E-state index in [4.69, 9.17) is 5.21 Å². The number of carbonyl (C=O) groups excluding carboxylic acids is 3. The molecule has 3 aromatic rings. The molecule has 1 atom stereocenters. The zero-order chi connectivity index (χ0) is 27.1. The lowest BCUT2D eigenvalue weighted by Crippen LogP contribution is -2.54. The van der Waals surface area contributed by atoms with Crippen molar-refractivity contribution in [2.45, 2.75) is 25.6 Å². The van der Waals surface area contributed by atoms with Gasteiger partial charge in [-0.3, -0.25) is 24.5 Å². The molecule has 0 aliphatic carbocycles. The number of nitrogens with zero attached hydrogens (tertiary/aromatic N) is 2. The van der Waals surface area contributed by atoms with Crippen LogP contribution in [0.25, 0.3) is 0 Å². The Labute approximate surface area is 222 Å². The van der Waals surface area contributed by atoms with Crippen LogP contribution in [0.1, 0.15) is 38.2 Å². The molecule has 0 spiro atoms. The molecule has 0 saturated carbocycles. The van der Waals surface area contributed by atoms with Crippen LogP contribution in [0.4, 0.5) is 0 Å². The van der Waals surface area contributed by atoms with Gasteiger partial charge in [-0.1, -0.05) is 48.2 Å². The highest BCUT2D eigenvalue weighted by Crippen LogP contribution is 2.22. The molecule has 1 heterocycles. The molecule has 3 aromatic carbocycles. The standard InChI is InChI=1S/C30H30N4O4/c1-31-28(35)27(29(36)32-38)33(2)30(37)24-15-13-22(14-16-24)8-7-21-9-11-23(12-10-21)17-18-34-19-25-5-3-4-6-26(25)20-34/h3-6,9-16,27,38H,17-20H2,1-2H3,(H,31,35)(H,32,36). The molecule has 8 nitrogen and oxygen atoms in total. The number of fused-ring (bicyclic) bond motifs is 1. The molecule has 194 valence electrons. The van der Waals surface area contributed by atoms with Crippen LogP contribution < -0.4 is 10.8 Å². The Hall–Kier alpha value is -4.45. The van der Waals surface area contributed by atoms with Gasteiger partial charge in [0.15, 0.2) is 6.04 Å². The number of hydroxylamine groups is 1. The van der Waals surface area contributed by atoms with E-state index in [-0.39, 0.29) is 5.56 Å². The molecule has 0 saturated heterocycles. The average Bonchev–Trinajstić information content (AvgIpc) is 3.38. The van der Waals surface area contributed by atoms with Crippen molar-refractivity contribution >= 4 is 17.7 Å². The van der Waals surface area contributed by atoms with Gasteiger partial charge >= 0.3 is 0 Å².